The molecule has 0 saturated carbocycles. The number of benzene rings is 2. The number of carbonyl (C=O) groups excluding carboxylic acids is 2. The molecule has 0 radical (unpaired) electrons. The largest absolute Gasteiger partial charge is 0.454 e. The van der Waals surface area contributed by atoms with Crippen LogP contribution < -0.4 is 14.8 Å². The molecule has 0 spiro atoms. The fourth-order valence-electron chi connectivity index (χ4n) is 2.14. The summed E-state index contributed by atoms with van der Waals surface area (Å²) >= 11 is 11.7. The molecule has 0 aromatic heterocycles. The Morgan fingerprint density at radius 3 is 2.73 bits per heavy atom. The van der Waals surface area contributed by atoms with E-state index in [1.807, 2.05) is 0 Å². The molecule has 0 aliphatic carbocycles. The third-order valence-corrected chi connectivity index (χ3v) is 3.91. The van der Waals surface area contributed by atoms with Crippen molar-refractivity contribution in [2.75, 3.05) is 18.7 Å². The highest BCUT2D eigenvalue weighted by Gasteiger charge is 2.12. The van der Waals surface area contributed by atoms with Crippen molar-refractivity contribution in [3.05, 3.63) is 58.1 Å². The third kappa shape index (κ3) is 4.68. The molecule has 0 fully saturated rings. The van der Waals surface area contributed by atoms with Crippen molar-refractivity contribution >= 4 is 46.8 Å². The summed E-state index contributed by atoms with van der Waals surface area (Å²) in [7, 11) is 0. The van der Waals surface area contributed by atoms with Gasteiger partial charge in [0.1, 0.15) is 0 Å². The van der Waals surface area contributed by atoms with Crippen LogP contribution >= 0.6 is 23.2 Å². The van der Waals surface area contributed by atoms with E-state index in [2.05, 4.69) is 5.32 Å². The minimum absolute atomic E-state index is 0.178. The number of halogens is 2. The summed E-state index contributed by atoms with van der Waals surface area (Å²) in [6.45, 7) is -0.263. The van der Waals surface area contributed by atoms with Crippen molar-refractivity contribution in [1.29, 1.82) is 0 Å². The summed E-state index contributed by atoms with van der Waals surface area (Å²) in [5, 5.41) is 3.28. The molecule has 1 heterocycles. The van der Waals surface area contributed by atoms with Crippen LogP contribution in [0.25, 0.3) is 6.08 Å². The van der Waals surface area contributed by atoms with Gasteiger partial charge < -0.3 is 19.5 Å². The van der Waals surface area contributed by atoms with E-state index in [-0.39, 0.29) is 6.79 Å². The summed E-state index contributed by atoms with van der Waals surface area (Å²) in [6, 6.07) is 9.90. The minimum Gasteiger partial charge on any atom is -0.454 e. The van der Waals surface area contributed by atoms with Gasteiger partial charge >= 0.3 is 5.97 Å². The Morgan fingerprint density at radius 1 is 1.12 bits per heavy atom. The van der Waals surface area contributed by atoms with Gasteiger partial charge in [0, 0.05) is 11.1 Å². The first-order valence-electron chi connectivity index (χ1n) is 7.50. The van der Waals surface area contributed by atoms with Crippen LogP contribution in [0, 0.1) is 0 Å². The predicted molar refractivity (Wildman–Crippen MR) is 97.6 cm³/mol. The van der Waals surface area contributed by atoms with Crippen LogP contribution in [0.1, 0.15) is 5.56 Å². The number of fused-ring (bicyclic) bond motifs is 1. The second kappa shape index (κ2) is 8.12. The summed E-state index contributed by atoms with van der Waals surface area (Å²) in [5.74, 6) is 0.0982. The van der Waals surface area contributed by atoms with Gasteiger partial charge in [0.05, 0.1) is 10.7 Å². The number of anilines is 1. The quantitative estimate of drug-likeness (QED) is 0.615. The zero-order chi connectivity index (χ0) is 18.5. The van der Waals surface area contributed by atoms with Crippen LogP contribution in [-0.4, -0.2) is 25.3 Å². The Hall–Kier alpha value is -2.70. The van der Waals surface area contributed by atoms with Crippen molar-refractivity contribution in [3.63, 3.8) is 0 Å². The number of nitrogens with one attached hydrogen (secondary N) is 1. The summed E-state index contributed by atoms with van der Waals surface area (Å²) in [4.78, 5) is 23.6. The molecule has 6 nitrogen and oxygen atoms in total. The molecule has 0 saturated heterocycles. The molecule has 3 rings (SSSR count). The Morgan fingerprint density at radius 2 is 1.92 bits per heavy atom. The molecule has 1 amide bonds. The van der Waals surface area contributed by atoms with Crippen LogP contribution in [0.2, 0.25) is 10.0 Å². The number of rotatable bonds is 5. The van der Waals surface area contributed by atoms with Crippen LogP contribution in [0.3, 0.4) is 0 Å². The molecule has 2 aromatic carbocycles. The van der Waals surface area contributed by atoms with Gasteiger partial charge in [0.15, 0.2) is 18.1 Å². The maximum atomic E-state index is 11.8. The Labute approximate surface area is 159 Å². The lowest BCUT2D eigenvalue weighted by Crippen LogP contribution is -2.20. The average molecular weight is 394 g/mol. The fourth-order valence-corrected chi connectivity index (χ4v) is 2.60. The Bertz CT molecular complexity index is 882. The van der Waals surface area contributed by atoms with Gasteiger partial charge in [-0.05, 0) is 42.0 Å². The number of ether oxygens (including phenoxy) is 3. The molecule has 2 aromatic rings. The maximum Gasteiger partial charge on any atom is 0.331 e. The third-order valence-electron chi connectivity index (χ3n) is 3.36. The zero-order valence-corrected chi connectivity index (χ0v) is 14.8. The van der Waals surface area contributed by atoms with Gasteiger partial charge in [0.25, 0.3) is 5.91 Å². The number of amides is 1. The molecular weight excluding hydrogens is 381 g/mol. The second-order valence-electron chi connectivity index (χ2n) is 5.23. The predicted octanol–water partition coefficient (Wildman–Crippen LogP) is 3.92. The van der Waals surface area contributed by atoms with Crippen molar-refractivity contribution in [1.82, 2.24) is 0 Å². The topological polar surface area (TPSA) is 73.9 Å². The lowest BCUT2D eigenvalue weighted by Gasteiger charge is -2.07. The van der Waals surface area contributed by atoms with Crippen molar-refractivity contribution in [2.45, 2.75) is 0 Å². The zero-order valence-electron chi connectivity index (χ0n) is 13.3. The Balaban J connectivity index is 1.49. The summed E-state index contributed by atoms with van der Waals surface area (Å²) in [5.41, 5.74) is 1.12. The normalized spacial score (nSPS) is 12.2. The van der Waals surface area contributed by atoms with Crippen molar-refractivity contribution in [3.8, 4) is 11.5 Å². The van der Waals surface area contributed by atoms with E-state index in [1.165, 1.54) is 12.1 Å². The highest BCUT2D eigenvalue weighted by molar-refractivity contribution is 6.36. The molecular formula is C18H13Cl2NO5. The lowest BCUT2D eigenvalue weighted by atomic mass is 10.2. The van der Waals surface area contributed by atoms with Crippen LogP contribution in [0.5, 0.6) is 11.5 Å². The molecule has 0 bridgehead atoms. The molecule has 1 N–H and O–H groups in total. The number of hydrogen-bond acceptors (Lipinski definition) is 5. The molecule has 1 aliphatic rings. The van der Waals surface area contributed by atoms with Gasteiger partial charge in [-0.1, -0.05) is 29.3 Å². The van der Waals surface area contributed by atoms with E-state index in [1.54, 1.807) is 36.4 Å². The first kappa shape index (κ1) is 18.1. The monoisotopic (exact) mass is 393 g/mol. The van der Waals surface area contributed by atoms with Crippen LogP contribution in [-0.2, 0) is 14.3 Å². The van der Waals surface area contributed by atoms with E-state index in [9.17, 15) is 9.59 Å². The SMILES string of the molecule is O=C(COC(=O)/C=C\c1ccc2c(c1)OCO2)Nc1ccc(Cl)cc1Cl. The molecule has 8 heteroatoms. The second-order valence-corrected chi connectivity index (χ2v) is 6.07. The lowest BCUT2D eigenvalue weighted by molar-refractivity contribution is -0.142. The molecule has 134 valence electrons. The van der Waals surface area contributed by atoms with Gasteiger partial charge in [-0.15, -0.1) is 0 Å². The van der Waals surface area contributed by atoms with Gasteiger partial charge in [-0.3, -0.25) is 4.79 Å². The van der Waals surface area contributed by atoms with Crippen LogP contribution in [0.15, 0.2) is 42.5 Å². The maximum absolute atomic E-state index is 11.8. The van der Waals surface area contributed by atoms with E-state index in [0.717, 1.165) is 5.56 Å². The fraction of sp³-hybridized carbons (Fsp3) is 0.111. The highest BCUT2D eigenvalue weighted by Crippen LogP contribution is 2.32. The number of carbonyl (C=O) groups is 2. The number of hydrogen-bond donors (Lipinski definition) is 1. The first-order valence-corrected chi connectivity index (χ1v) is 8.26. The van der Waals surface area contributed by atoms with E-state index in [0.29, 0.717) is 27.2 Å². The van der Waals surface area contributed by atoms with Gasteiger partial charge in [-0.25, -0.2) is 4.79 Å². The van der Waals surface area contributed by atoms with Crippen molar-refractivity contribution in [2.24, 2.45) is 0 Å². The summed E-state index contributed by atoms with van der Waals surface area (Å²) < 4.78 is 15.4. The van der Waals surface area contributed by atoms with Crippen LogP contribution in [0.4, 0.5) is 5.69 Å². The Kier molecular flexibility index (Phi) is 5.65. The van der Waals surface area contributed by atoms with Crippen molar-refractivity contribution < 1.29 is 23.8 Å². The minimum atomic E-state index is -0.653. The highest BCUT2D eigenvalue weighted by atomic mass is 35.5. The van der Waals surface area contributed by atoms with E-state index in [4.69, 9.17) is 37.4 Å². The molecule has 26 heavy (non-hydrogen) atoms. The molecule has 0 unspecified atom stereocenters. The molecule has 1 aliphatic heterocycles. The number of esters is 1. The van der Waals surface area contributed by atoms with Gasteiger partial charge in [0.2, 0.25) is 6.79 Å². The van der Waals surface area contributed by atoms with Gasteiger partial charge in [-0.2, -0.15) is 0 Å². The first-order chi connectivity index (χ1) is 12.5. The standard InChI is InChI=1S/C18H13Cl2NO5/c19-12-3-4-14(13(20)8-12)21-17(22)9-24-18(23)6-2-11-1-5-15-16(7-11)26-10-25-15/h1-8H,9-10H2,(H,21,22)/b6-2-. The van der Waals surface area contributed by atoms with E-state index < -0.39 is 18.5 Å². The molecule has 0 atom stereocenters. The average Bonchev–Trinajstić information content (AvgIpc) is 3.08. The summed E-state index contributed by atoms with van der Waals surface area (Å²) in [6.07, 6.45) is 2.78. The van der Waals surface area contributed by atoms with E-state index >= 15 is 0 Å². The smallest absolute Gasteiger partial charge is 0.331 e.